The van der Waals surface area contributed by atoms with Gasteiger partial charge in [0.25, 0.3) is 0 Å². The third-order valence-corrected chi connectivity index (χ3v) is 6.31. The van der Waals surface area contributed by atoms with E-state index in [1.54, 1.807) is 0 Å². The maximum Gasteiger partial charge on any atom is 0.0636 e. The zero-order valence-corrected chi connectivity index (χ0v) is 21.0. The first-order chi connectivity index (χ1) is 32.5. The molecular weight excluding hydrogens is 504 g/mol. The Bertz CT molecular complexity index is 3600. The molecule has 0 unspecified atom stereocenters. The van der Waals surface area contributed by atoms with Crippen molar-refractivity contribution in [1.82, 2.24) is 0 Å². The van der Waals surface area contributed by atoms with E-state index in [0.29, 0.717) is 0 Å². The number of hydrogen-bond donors (Lipinski definition) is 0. The summed E-state index contributed by atoms with van der Waals surface area (Å²) in [5, 5.41) is -3.29. The van der Waals surface area contributed by atoms with Gasteiger partial charge in [-0.3, -0.25) is 0 Å². The van der Waals surface area contributed by atoms with Crippen LogP contribution >= 0.6 is 0 Å². The highest BCUT2D eigenvalue weighted by Crippen LogP contribution is 2.38. The maximum atomic E-state index is 9.68. The standard InChI is InChI=1S/C42H28/c1-3-12-29(13-4-1)34-25-35(30-14-5-2-6-15-30)27-36(26-34)32-17-11-16-31(24-32)33-22-23-41-39-20-8-7-18-37(39)38-19-9-10-21-40(38)42(41)28-33/h1-28H/i1D,2D,3D,4D,5D,6D,7D,8D,9D,10D,11D,12D,13D,14D,15D,16D,17D,18D,19D,20D,21D,22D,23D,24D,25D,26D,27D,28D. The van der Waals surface area contributed by atoms with E-state index in [0.717, 1.165) is 0 Å². The Morgan fingerprint density at radius 1 is 0.214 bits per heavy atom. The minimum absolute atomic E-state index is 0.481. The Kier molecular flexibility index (Phi) is 2.19. The van der Waals surface area contributed by atoms with Gasteiger partial charge in [0.1, 0.15) is 0 Å². The Labute approximate surface area is 285 Å². The molecule has 0 spiro atoms. The fourth-order valence-electron chi connectivity index (χ4n) is 4.47. The number of hydrogen-bond acceptors (Lipinski definition) is 0. The Morgan fingerprint density at radius 3 is 1.07 bits per heavy atom. The largest absolute Gasteiger partial charge is 0.0636 e. The van der Waals surface area contributed by atoms with Crippen molar-refractivity contribution in [2.75, 3.05) is 0 Å². The first-order valence-corrected chi connectivity index (χ1v) is 12.2. The predicted octanol–water partition coefficient (Wildman–Crippen LogP) is 11.8. The first kappa shape index (κ1) is 9.02. The molecule has 0 radical (unpaired) electrons. The molecule has 8 rings (SSSR count). The van der Waals surface area contributed by atoms with E-state index in [1.165, 1.54) is 0 Å². The molecule has 0 aliphatic rings. The molecule has 0 fully saturated rings. The summed E-state index contributed by atoms with van der Waals surface area (Å²) in [6.07, 6.45) is 0. The van der Waals surface area contributed by atoms with Crippen molar-refractivity contribution in [1.29, 1.82) is 0 Å². The van der Waals surface area contributed by atoms with Gasteiger partial charge in [0.2, 0.25) is 0 Å². The van der Waals surface area contributed by atoms with Crippen LogP contribution in [0.25, 0.3) is 76.8 Å². The van der Waals surface area contributed by atoms with Crippen LogP contribution in [0.4, 0.5) is 0 Å². The molecule has 0 nitrogen and oxygen atoms in total. The molecule has 42 heavy (non-hydrogen) atoms. The van der Waals surface area contributed by atoms with Crippen molar-refractivity contribution in [3.05, 3.63) is 169 Å². The number of rotatable bonds is 4. The van der Waals surface area contributed by atoms with E-state index >= 15 is 0 Å². The molecule has 0 aromatic heterocycles. The van der Waals surface area contributed by atoms with Crippen molar-refractivity contribution in [2.45, 2.75) is 0 Å². The van der Waals surface area contributed by atoms with Crippen molar-refractivity contribution in [2.24, 2.45) is 0 Å². The molecule has 8 aromatic carbocycles. The summed E-state index contributed by atoms with van der Waals surface area (Å²) in [5.74, 6) is 0. The van der Waals surface area contributed by atoms with Gasteiger partial charge in [-0.25, -0.2) is 0 Å². The van der Waals surface area contributed by atoms with E-state index in [2.05, 4.69) is 0 Å². The van der Waals surface area contributed by atoms with E-state index in [1.807, 2.05) is 0 Å². The van der Waals surface area contributed by atoms with Crippen LogP contribution in [0.3, 0.4) is 0 Å². The zero-order chi connectivity index (χ0) is 52.2. The monoisotopic (exact) mass is 560 g/mol. The van der Waals surface area contributed by atoms with E-state index in [-0.39, 0.29) is 0 Å². The highest BCUT2D eigenvalue weighted by molar-refractivity contribution is 6.25. The summed E-state index contributed by atoms with van der Waals surface area (Å²) in [4.78, 5) is 0. The number of fused-ring (bicyclic) bond motifs is 6. The van der Waals surface area contributed by atoms with Gasteiger partial charge in [-0.15, -0.1) is 0 Å². The Balaban J connectivity index is 1.64. The van der Waals surface area contributed by atoms with Crippen molar-refractivity contribution in [3.8, 4) is 44.5 Å². The lowest BCUT2D eigenvalue weighted by atomic mass is 9.90. The van der Waals surface area contributed by atoms with E-state index in [4.69, 9.17) is 28.8 Å². The molecule has 0 bridgehead atoms. The summed E-state index contributed by atoms with van der Waals surface area (Å²) >= 11 is 0. The van der Waals surface area contributed by atoms with Crippen LogP contribution in [0.2, 0.25) is 0 Å². The minimum atomic E-state index is -1.15. The molecule has 196 valence electrons. The SMILES string of the molecule is [2H]c1c([2H])c([2H])c(-c2c([2H])c(-c3c([2H])c([2H])c([2H])c([2H])c3[2H])c([2H])c(-c3c([2H])c([2H])c([2H])c(-c4c([2H])c([2H])c5c6c([2H])c([2H])c([2H])c([2H])c6c6c([2H])c([2H])c([2H])c([2H])c6c5c4[2H])c3[2H])c2[2H])c([2H])c1[2H]. The molecule has 0 heteroatoms. The van der Waals surface area contributed by atoms with Gasteiger partial charge in [-0.2, -0.15) is 0 Å². The fraction of sp³-hybridized carbons (Fsp3) is 0. The van der Waals surface area contributed by atoms with Crippen LogP contribution in [-0.4, -0.2) is 0 Å². The zero-order valence-electron chi connectivity index (χ0n) is 49.0. The highest BCUT2D eigenvalue weighted by atomic mass is 14.2. The average Bonchev–Trinajstić information content (AvgIpc) is 3.32. The van der Waals surface area contributed by atoms with Crippen LogP contribution in [-0.2, 0) is 0 Å². The molecule has 0 heterocycles. The van der Waals surface area contributed by atoms with Gasteiger partial charge >= 0.3 is 0 Å². The average molecular weight is 561 g/mol. The second-order valence-corrected chi connectivity index (χ2v) is 8.75. The van der Waals surface area contributed by atoms with E-state index in [9.17, 15) is 9.60 Å². The van der Waals surface area contributed by atoms with Gasteiger partial charge in [-0.05, 0) is 107 Å². The van der Waals surface area contributed by atoms with Crippen molar-refractivity contribution >= 4 is 32.3 Å². The summed E-state index contributed by atoms with van der Waals surface area (Å²) in [6.45, 7) is 0. The molecule has 0 saturated carbocycles. The van der Waals surface area contributed by atoms with Gasteiger partial charge in [-0.1, -0.05) is 139 Å². The summed E-state index contributed by atoms with van der Waals surface area (Å²) in [5.41, 5.74) is -7.39. The molecule has 0 atom stereocenters. The lowest BCUT2D eigenvalue weighted by molar-refractivity contribution is 1.56. The predicted molar refractivity (Wildman–Crippen MR) is 181 cm³/mol. The van der Waals surface area contributed by atoms with Crippen LogP contribution < -0.4 is 0 Å². The Morgan fingerprint density at radius 2 is 0.548 bits per heavy atom. The quantitative estimate of drug-likeness (QED) is 0.188. The van der Waals surface area contributed by atoms with E-state index < -0.39 is 246 Å². The molecule has 0 N–H and O–H groups in total. The highest BCUT2D eigenvalue weighted by Gasteiger charge is 2.11. The van der Waals surface area contributed by atoms with Crippen molar-refractivity contribution < 1.29 is 38.4 Å². The fourth-order valence-corrected chi connectivity index (χ4v) is 4.47. The molecule has 8 aromatic rings. The first-order valence-electron chi connectivity index (χ1n) is 26.2. The van der Waals surface area contributed by atoms with Crippen molar-refractivity contribution in [3.63, 3.8) is 0 Å². The van der Waals surface area contributed by atoms with Gasteiger partial charge in [0.05, 0.1) is 38.4 Å². The summed E-state index contributed by atoms with van der Waals surface area (Å²) in [6, 6.07) is -27.2. The molecular formula is C42H28. The minimum Gasteiger partial charge on any atom is -0.0622 e. The smallest absolute Gasteiger partial charge is 0.0622 e. The number of benzene rings is 8. The Hall–Kier alpha value is -5.46. The van der Waals surface area contributed by atoms with Crippen LogP contribution in [0.1, 0.15) is 38.4 Å². The lowest BCUT2D eigenvalue weighted by Gasteiger charge is -2.14. The third-order valence-electron chi connectivity index (χ3n) is 6.31. The molecule has 0 aliphatic heterocycles. The van der Waals surface area contributed by atoms with Gasteiger partial charge < -0.3 is 0 Å². The van der Waals surface area contributed by atoms with Crippen LogP contribution in [0.15, 0.2) is 169 Å². The normalized spacial score (nSPS) is 20.7. The maximum absolute atomic E-state index is 9.68. The summed E-state index contributed by atoms with van der Waals surface area (Å²) in [7, 11) is 0. The lowest BCUT2D eigenvalue weighted by Crippen LogP contribution is -1.87. The molecule has 0 saturated heterocycles. The van der Waals surface area contributed by atoms with Gasteiger partial charge in [0.15, 0.2) is 0 Å². The van der Waals surface area contributed by atoms with Crippen LogP contribution in [0, 0.1) is 0 Å². The topological polar surface area (TPSA) is 0 Å². The van der Waals surface area contributed by atoms with Gasteiger partial charge in [0, 0.05) is 0 Å². The second-order valence-electron chi connectivity index (χ2n) is 8.75. The second kappa shape index (κ2) is 10.2. The molecule has 0 aliphatic carbocycles. The summed E-state index contributed by atoms with van der Waals surface area (Å²) < 4.78 is 248. The third kappa shape index (κ3) is 4.26. The molecule has 0 amide bonds. The van der Waals surface area contributed by atoms with Crippen LogP contribution in [0.5, 0.6) is 0 Å².